The third-order valence-corrected chi connectivity index (χ3v) is 3.21. The summed E-state index contributed by atoms with van der Waals surface area (Å²) in [7, 11) is 1.81. The van der Waals surface area contributed by atoms with Gasteiger partial charge in [0.2, 0.25) is 0 Å². The van der Waals surface area contributed by atoms with E-state index in [-0.39, 0.29) is 10.6 Å². The Bertz CT molecular complexity index is 720. The number of nitriles is 1. The molecule has 0 aliphatic carbocycles. The van der Waals surface area contributed by atoms with Crippen LogP contribution in [0.3, 0.4) is 0 Å². The molecular formula is C16H15N3O2. The summed E-state index contributed by atoms with van der Waals surface area (Å²) in [6.45, 7) is 2.40. The van der Waals surface area contributed by atoms with Crippen LogP contribution in [0.1, 0.15) is 16.7 Å². The molecule has 0 fully saturated rings. The summed E-state index contributed by atoms with van der Waals surface area (Å²) in [4.78, 5) is 12.6. The minimum Gasteiger partial charge on any atom is -0.365 e. The molecule has 0 radical (unpaired) electrons. The molecule has 2 rings (SSSR count). The van der Waals surface area contributed by atoms with Gasteiger partial charge in [0.25, 0.3) is 5.69 Å². The van der Waals surface area contributed by atoms with E-state index < -0.39 is 0 Å². The molecule has 0 heterocycles. The van der Waals surface area contributed by atoms with Crippen molar-refractivity contribution in [2.45, 2.75) is 13.5 Å². The van der Waals surface area contributed by atoms with E-state index in [1.54, 1.807) is 31.3 Å². The first-order valence-electron chi connectivity index (χ1n) is 6.46. The number of rotatable bonds is 4. The van der Waals surface area contributed by atoms with Crippen LogP contribution in [-0.4, -0.2) is 12.0 Å². The summed E-state index contributed by atoms with van der Waals surface area (Å²) in [5.74, 6) is 0. The van der Waals surface area contributed by atoms with Gasteiger partial charge in [-0.3, -0.25) is 10.1 Å². The van der Waals surface area contributed by atoms with Crippen LogP contribution in [0.5, 0.6) is 0 Å². The largest absolute Gasteiger partial charge is 0.365 e. The molecule has 0 amide bonds. The van der Waals surface area contributed by atoms with Crippen LogP contribution >= 0.6 is 0 Å². The number of aryl methyl sites for hydroxylation is 1. The van der Waals surface area contributed by atoms with Crippen LogP contribution in [-0.2, 0) is 6.54 Å². The van der Waals surface area contributed by atoms with Crippen molar-refractivity contribution in [3.63, 3.8) is 0 Å². The highest BCUT2D eigenvalue weighted by atomic mass is 16.6. The standard InChI is InChI=1S/C16H15N3O2/c1-12-6-7-15(19(20)21)16(8-12)18(2)11-14-5-3-4-13(9-14)10-17/h3-9H,11H2,1-2H3. The fraction of sp³-hybridized carbons (Fsp3) is 0.188. The normalized spacial score (nSPS) is 9.95. The van der Waals surface area contributed by atoms with Gasteiger partial charge in [-0.1, -0.05) is 18.2 Å². The third kappa shape index (κ3) is 3.37. The van der Waals surface area contributed by atoms with E-state index in [0.29, 0.717) is 17.8 Å². The summed E-state index contributed by atoms with van der Waals surface area (Å²) in [6.07, 6.45) is 0. The van der Waals surface area contributed by atoms with E-state index in [1.165, 1.54) is 6.07 Å². The molecule has 0 spiro atoms. The molecule has 2 aromatic rings. The number of nitrogens with zero attached hydrogens (tertiary/aromatic N) is 3. The molecule has 21 heavy (non-hydrogen) atoms. The van der Waals surface area contributed by atoms with Crippen LogP contribution in [0, 0.1) is 28.4 Å². The molecule has 2 aromatic carbocycles. The first-order chi connectivity index (χ1) is 10.0. The monoisotopic (exact) mass is 281 g/mol. The lowest BCUT2D eigenvalue weighted by Gasteiger charge is -2.20. The zero-order chi connectivity index (χ0) is 15.4. The Hall–Kier alpha value is -2.87. The number of benzene rings is 2. The maximum atomic E-state index is 11.1. The summed E-state index contributed by atoms with van der Waals surface area (Å²) in [6, 6.07) is 14.4. The Balaban J connectivity index is 2.32. The summed E-state index contributed by atoms with van der Waals surface area (Å²) >= 11 is 0. The average Bonchev–Trinajstić information content (AvgIpc) is 2.47. The molecule has 0 unspecified atom stereocenters. The van der Waals surface area contributed by atoms with E-state index >= 15 is 0 Å². The van der Waals surface area contributed by atoms with Crippen molar-refractivity contribution in [1.29, 1.82) is 5.26 Å². The summed E-state index contributed by atoms with van der Waals surface area (Å²) in [5.41, 5.74) is 3.14. The second kappa shape index (κ2) is 6.06. The first-order valence-corrected chi connectivity index (χ1v) is 6.46. The van der Waals surface area contributed by atoms with Crippen molar-refractivity contribution in [2.75, 3.05) is 11.9 Å². The quantitative estimate of drug-likeness (QED) is 0.636. The number of anilines is 1. The molecule has 0 aliphatic rings. The first kappa shape index (κ1) is 14.5. The molecule has 0 atom stereocenters. The second-order valence-electron chi connectivity index (χ2n) is 4.92. The van der Waals surface area contributed by atoms with Gasteiger partial charge in [-0.05, 0) is 36.2 Å². The Kier molecular flexibility index (Phi) is 4.19. The second-order valence-corrected chi connectivity index (χ2v) is 4.92. The van der Waals surface area contributed by atoms with Gasteiger partial charge in [-0.2, -0.15) is 5.26 Å². The van der Waals surface area contributed by atoms with Crippen molar-refractivity contribution in [2.24, 2.45) is 0 Å². The zero-order valence-electron chi connectivity index (χ0n) is 11.9. The van der Waals surface area contributed by atoms with Crippen LogP contribution in [0.2, 0.25) is 0 Å². The Morgan fingerprint density at radius 2 is 2.05 bits per heavy atom. The SMILES string of the molecule is Cc1ccc([N+](=O)[O-])c(N(C)Cc2cccc(C#N)c2)c1. The van der Waals surface area contributed by atoms with Gasteiger partial charge in [0.15, 0.2) is 0 Å². The molecule has 5 nitrogen and oxygen atoms in total. The lowest BCUT2D eigenvalue weighted by molar-refractivity contribution is -0.384. The molecule has 0 saturated carbocycles. The highest BCUT2D eigenvalue weighted by molar-refractivity contribution is 5.64. The molecule has 0 bridgehead atoms. The predicted molar refractivity (Wildman–Crippen MR) is 81.1 cm³/mol. The van der Waals surface area contributed by atoms with Crippen LogP contribution in [0.15, 0.2) is 42.5 Å². The van der Waals surface area contributed by atoms with Gasteiger partial charge in [0.05, 0.1) is 16.6 Å². The number of hydrogen-bond acceptors (Lipinski definition) is 4. The van der Waals surface area contributed by atoms with E-state index in [4.69, 9.17) is 5.26 Å². The Morgan fingerprint density at radius 1 is 1.29 bits per heavy atom. The van der Waals surface area contributed by atoms with E-state index in [1.807, 2.05) is 24.0 Å². The van der Waals surface area contributed by atoms with E-state index in [9.17, 15) is 10.1 Å². The molecule has 0 aliphatic heterocycles. The molecular weight excluding hydrogens is 266 g/mol. The molecule has 0 aromatic heterocycles. The molecule has 0 saturated heterocycles. The highest BCUT2D eigenvalue weighted by Crippen LogP contribution is 2.29. The summed E-state index contributed by atoms with van der Waals surface area (Å²) in [5, 5.41) is 20.0. The fourth-order valence-electron chi connectivity index (χ4n) is 2.19. The maximum absolute atomic E-state index is 11.1. The maximum Gasteiger partial charge on any atom is 0.292 e. The van der Waals surface area contributed by atoms with Gasteiger partial charge in [-0.25, -0.2) is 0 Å². The Labute approximate surface area is 123 Å². The van der Waals surface area contributed by atoms with Crippen molar-refractivity contribution in [3.05, 3.63) is 69.3 Å². The topological polar surface area (TPSA) is 70.2 Å². The number of hydrogen-bond donors (Lipinski definition) is 0. The number of nitro groups is 1. The van der Waals surface area contributed by atoms with Gasteiger partial charge in [-0.15, -0.1) is 0 Å². The minimum atomic E-state index is -0.378. The average molecular weight is 281 g/mol. The van der Waals surface area contributed by atoms with Gasteiger partial charge in [0.1, 0.15) is 5.69 Å². The van der Waals surface area contributed by atoms with E-state index in [2.05, 4.69) is 6.07 Å². The van der Waals surface area contributed by atoms with Gasteiger partial charge >= 0.3 is 0 Å². The smallest absolute Gasteiger partial charge is 0.292 e. The molecule has 0 N–H and O–H groups in total. The third-order valence-electron chi connectivity index (χ3n) is 3.21. The summed E-state index contributed by atoms with van der Waals surface area (Å²) < 4.78 is 0. The van der Waals surface area contributed by atoms with Crippen LogP contribution < -0.4 is 4.90 Å². The lowest BCUT2D eigenvalue weighted by Crippen LogP contribution is -2.18. The van der Waals surface area contributed by atoms with Crippen molar-refractivity contribution in [1.82, 2.24) is 0 Å². The van der Waals surface area contributed by atoms with Gasteiger partial charge in [0, 0.05) is 19.7 Å². The zero-order valence-corrected chi connectivity index (χ0v) is 11.9. The van der Waals surface area contributed by atoms with Crippen molar-refractivity contribution < 1.29 is 4.92 Å². The van der Waals surface area contributed by atoms with Gasteiger partial charge < -0.3 is 4.90 Å². The van der Waals surface area contributed by atoms with Crippen molar-refractivity contribution in [3.8, 4) is 6.07 Å². The minimum absolute atomic E-state index is 0.0829. The molecule has 5 heteroatoms. The van der Waals surface area contributed by atoms with Crippen LogP contribution in [0.25, 0.3) is 0 Å². The predicted octanol–water partition coefficient (Wildman–Crippen LogP) is 3.41. The van der Waals surface area contributed by atoms with Crippen molar-refractivity contribution >= 4 is 11.4 Å². The highest BCUT2D eigenvalue weighted by Gasteiger charge is 2.17. The van der Waals surface area contributed by atoms with Crippen LogP contribution in [0.4, 0.5) is 11.4 Å². The Morgan fingerprint density at radius 3 is 2.71 bits per heavy atom. The number of nitro benzene ring substituents is 1. The lowest BCUT2D eigenvalue weighted by atomic mass is 10.1. The van der Waals surface area contributed by atoms with E-state index in [0.717, 1.165) is 11.1 Å². The fourth-order valence-corrected chi connectivity index (χ4v) is 2.19. The molecule has 106 valence electrons.